The minimum atomic E-state index is 0.206. The van der Waals surface area contributed by atoms with E-state index in [0.717, 1.165) is 25.9 Å². The number of rotatable bonds is 6. The minimum Gasteiger partial charge on any atom is -0.463 e. The summed E-state index contributed by atoms with van der Waals surface area (Å²) in [5.41, 5.74) is 0. The first-order chi connectivity index (χ1) is 8.79. The Balaban J connectivity index is 1.97. The first-order valence-corrected chi connectivity index (χ1v) is 6.96. The van der Waals surface area contributed by atoms with E-state index in [1.54, 1.807) is 0 Å². The lowest BCUT2D eigenvalue weighted by Crippen LogP contribution is -2.21. The molecule has 0 spiro atoms. The van der Waals surface area contributed by atoms with E-state index in [-0.39, 0.29) is 5.28 Å². The monoisotopic (exact) mass is 270 g/mol. The molecule has 0 atom stereocenters. The van der Waals surface area contributed by atoms with Gasteiger partial charge in [0.15, 0.2) is 0 Å². The van der Waals surface area contributed by atoms with Crippen molar-refractivity contribution in [3.63, 3.8) is 0 Å². The molecule has 1 fully saturated rings. The Bertz CT molecular complexity index is 382. The van der Waals surface area contributed by atoms with Gasteiger partial charge in [0.25, 0.3) is 0 Å². The van der Waals surface area contributed by atoms with Crippen LogP contribution in [0, 0.1) is 0 Å². The van der Waals surface area contributed by atoms with Crippen LogP contribution in [0.3, 0.4) is 0 Å². The normalized spacial score (nSPS) is 15.1. The van der Waals surface area contributed by atoms with Gasteiger partial charge in [-0.15, -0.1) is 0 Å². The number of unbranched alkanes of at least 4 members (excludes halogenated alkanes) is 2. The van der Waals surface area contributed by atoms with E-state index in [1.807, 2.05) is 0 Å². The number of nitrogens with zero attached hydrogens (tertiary/aromatic N) is 4. The maximum atomic E-state index is 5.90. The largest absolute Gasteiger partial charge is 0.463 e. The van der Waals surface area contributed by atoms with E-state index in [0.29, 0.717) is 18.6 Å². The fourth-order valence-corrected chi connectivity index (χ4v) is 2.11. The topological polar surface area (TPSA) is 51.1 Å². The summed E-state index contributed by atoms with van der Waals surface area (Å²) in [4.78, 5) is 14.6. The highest BCUT2D eigenvalue weighted by molar-refractivity contribution is 6.28. The molecule has 0 amide bonds. The van der Waals surface area contributed by atoms with Gasteiger partial charge in [-0.05, 0) is 30.9 Å². The van der Waals surface area contributed by atoms with Crippen LogP contribution < -0.4 is 9.64 Å². The van der Waals surface area contributed by atoms with Crippen LogP contribution in [0.15, 0.2) is 0 Å². The summed E-state index contributed by atoms with van der Waals surface area (Å²) in [6, 6.07) is 0.341. The summed E-state index contributed by atoms with van der Waals surface area (Å²) < 4.78 is 5.52. The number of ether oxygens (including phenoxy) is 1. The molecule has 100 valence electrons. The third-order valence-corrected chi connectivity index (χ3v) is 3.11. The van der Waals surface area contributed by atoms with Crippen LogP contribution in [-0.2, 0) is 0 Å². The first kappa shape index (κ1) is 13.3. The second-order valence-electron chi connectivity index (χ2n) is 4.44. The Kier molecular flexibility index (Phi) is 4.99. The van der Waals surface area contributed by atoms with Gasteiger partial charge in [0, 0.05) is 13.1 Å². The van der Waals surface area contributed by atoms with Crippen molar-refractivity contribution in [1.29, 1.82) is 0 Å². The van der Waals surface area contributed by atoms with Crippen LogP contribution in [0.1, 0.15) is 39.0 Å². The smallest absolute Gasteiger partial charge is 0.322 e. The molecule has 2 rings (SSSR count). The fraction of sp³-hybridized carbons (Fsp3) is 0.750. The van der Waals surface area contributed by atoms with Gasteiger partial charge < -0.3 is 9.64 Å². The van der Waals surface area contributed by atoms with Crippen molar-refractivity contribution in [1.82, 2.24) is 15.0 Å². The van der Waals surface area contributed by atoms with E-state index >= 15 is 0 Å². The summed E-state index contributed by atoms with van der Waals surface area (Å²) >= 11 is 5.90. The van der Waals surface area contributed by atoms with Gasteiger partial charge in [0.1, 0.15) is 0 Å². The highest BCUT2D eigenvalue weighted by Gasteiger charge is 2.17. The Morgan fingerprint density at radius 1 is 1.17 bits per heavy atom. The van der Waals surface area contributed by atoms with Gasteiger partial charge in [-0.1, -0.05) is 19.8 Å². The van der Waals surface area contributed by atoms with Crippen molar-refractivity contribution < 1.29 is 4.74 Å². The Labute approximate surface area is 113 Å². The number of hydrogen-bond acceptors (Lipinski definition) is 5. The van der Waals surface area contributed by atoms with Crippen LogP contribution in [-0.4, -0.2) is 34.6 Å². The fourth-order valence-electron chi connectivity index (χ4n) is 1.96. The predicted octanol–water partition coefficient (Wildman–Crippen LogP) is 2.69. The molecule has 1 aliphatic heterocycles. The summed E-state index contributed by atoms with van der Waals surface area (Å²) in [6.07, 6.45) is 5.68. The minimum absolute atomic E-state index is 0.206. The molecular weight excluding hydrogens is 252 g/mol. The molecule has 0 unspecified atom stereocenters. The third kappa shape index (κ3) is 3.70. The van der Waals surface area contributed by atoms with Gasteiger partial charge in [-0.25, -0.2) is 0 Å². The molecule has 0 saturated carbocycles. The number of halogens is 1. The zero-order valence-corrected chi connectivity index (χ0v) is 11.5. The maximum Gasteiger partial charge on any atom is 0.322 e. The highest BCUT2D eigenvalue weighted by atomic mass is 35.5. The van der Waals surface area contributed by atoms with Crippen LogP contribution in [0.4, 0.5) is 5.95 Å². The zero-order valence-electron chi connectivity index (χ0n) is 10.7. The Morgan fingerprint density at radius 3 is 2.67 bits per heavy atom. The van der Waals surface area contributed by atoms with Crippen molar-refractivity contribution >= 4 is 17.5 Å². The maximum absolute atomic E-state index is 5.90. The second kappa shape index (κ2) is 6.73. The van der Waals surface area contributed by atoms with Crippen LogP contribution in [0.5, 0.6) is 6.01 Å². The average molecular weight is 271 g/mol. The van der Waals surface area contributed by atoms with Gasteiger partial charge in [0.2, 0.25) is 11.2 Å². The number of hydrogen-bond donors (Lipinski definition) is 0. The quantitative estimate of drug-likeness (QED) is 0.744. The molecule has 18 heavy (non-hydrogen) atoms. The summed E-state index contributed by atoms with van der Waals surface area (Å²) in [7, 11) is 0. The van der Waals surface area contributed by atoms with Gasteiger partial charge in [-0.3, -0.25) is 0 Å². The van der Waals surface area contributed by atoms with Crippen molar-refractivity contribution in [3.05, 3.63) is 5.28 Å². The average Bonchev–Trinajstić information content (AvgIpc) is 2.88. The molecule has 0 aliphatic carbocycles. The van der Waals surface area contributed by atoms with E-state index < -0.39 is 0 Å². The Hall–Kier alpha value is -1.10. The molecule has 0 N–H and O–H groups in total. The van der Waals surface area contributed by atoms with Gasteiger partial charge in [-0.2, -0.15) is 15.0 Å². The molecular formula is C12H19ClN4O. The third-order valence-electron chi connectivity index (χ3n) is 2.94. The molecule has 6 heteroatoms. The molecule has 0 bridgehead atoms. The molecule has 5 nitrogen and oxygen atoms in total. The molecule has 2 heterocycles. The van der Waals surface area contributed by atoms with Gasteiger partial charge >= 0.3 is 6.01 Å². The predicted molar refractivity (Wildman–Crippen MR) is 71.3 cm³/mol. The van der Waals surface area contributed by atoms with Crippen molar-refractivity contribution in [3.8, 4) is 6.01 Å². The standard InChI is InChI=1S/C12H19ClN4O/c1-2-3-6-9-18-12-15-10(13)14-11(16-12)17-7-4-5-8-17/h2-9H2,1H3. The molecule has 0 radical (unpaired) electrons. The molecule has 1 aliphatic rings. The van der Waals surface area contributed by atoms with Crippen molar-refractivity contribution in [2.24, 2.45) is 0 Å². The van der Waals surface area contributed by atoms with E-state index in [9.17, 15) is 0 Å². The van der Waals surface area contributed by atoms with E-state index in [2.05, 4.69) is 26.8 Å². The van der Waals surface area contributed by atoms with Crippen LogP contribution in [0.25, 0.3) is 0 Å². The first-order valence-electron chi connectivity index (χ1n) is 6.59. The van der Waals surface area contributed by atoms with Crippen molar-refractivity contribution in [2.75, 3.05) is 24.6 Å². The lowest BCUT2D eigenvalue weighted by atomic mass is 10.3. The Morgan fingerprint density at radius 2 is 1.94 bits per heavy atom. The van der Waals surface area contributed by atoms with Crippen molar-refractivity contribution in [2.45, 2.75) is 39.0 Å². The summed E-state index contributed by atoms with van der Waals surface area (Å²) in [5, 5.41) is 0.206. The van der Waals surface area contributed by atoms with E-state index in [4.69, 9.17) is 16.3 Å². The number of aromatic nitrogens is 3. The SMILES string of the molecule is CCCCCOc1nc(Cl)nc(N2CCCC2)n1. The second-order valence-corrected chi connectivity index (χ2v) is 4.77. The molecule has 0 aromatic carbocycles. The van der Waals surface area contributed by atoms with E-state index in [1.165, 1.54) is 19.3 Å². The highest BCUT2D eigenvalue weighted by Crippen LogP contribution is 2.19. The zero-order chi connectivity index (χ0) is 12.8. The molecule has 1 aromatic rings. The lowest BCUT2D eigenvalue weighted by Gasteiger charge is -2.15. The molecule has 1 aromatic heterocycles. The summed E-state index contributed by atoms with van der Waals surface area (Å²) in [6.45, 7) is 4.75. The lowest BCUT2D eigenvalue weighted by molar-refractivity contribution is 0.282. The molecule has 1 saturated heterocycles. The van der Waals surface area contributed by atoms with Crippen LogP contribution in [0.2, 0.25) is 5.28 Å². The summed E-state index contributed by atoms with van der Waals surface area (Å²) in [5.74, 6) is 0.637. The van der Waals surface area contributed by atoms with Gasteiger partial charge in [0.05, 0.1) is 6.61 Å². The number of anilines is 1. The van der Waals surface area contributed by atoms with Crippen LogP contribution >= 0.6 is 11.6 Å².